The van der Waals surface area contributed by atoms with Gasteiger partial charge in [-0.05, 0) is 25.4 Å². The third-order valence-corrected chi connectivity index (χ3v) is 5.29. The number of hydrogen-bond donors (Lipinski definition) is 0. The SMILES string of the molecule is Cc1nc(C(=O)C=CN(C)C)sc1CC(O[Si](C)C)C(C)(C)C. The van der Waals surface area contributed by atoms with Gasteiger partial charge in [-0.3, -0.25) is 4.79 Å². The van der Waals surface area contributed by atoms with Gasteiger partial charge in [-0.1, -0.05) is 20.8 Å². The molecular formula is C17H29N2O2SSi. The van der Waals surface area contributed by atoms with Crippen LogP contribution in [0.2, 0.25) is 13.1 Å². The second-order valence-corrected chi connectivity index (χ2v) is 10.4. The molecule has 129 valence electrons. The molecule has 1 unspecified atom stereocenters. The van der Waals surface area contributed by atoms with Crippen molar-refractivity contribution >= 4 is 26.2 Å². The molecule has 1 heterocycles. The van der Waals surface area contributed by atoms with Crippen molar-refractivity contribution in [2.75, 3.05) is 14.1 Å². The van der Waals surface area contributed by atoms with E-state index >= 15 is 0 Å². The molecule has 1 aromatic rings. The third-order valence-electron chi connectivity index (χ3n) is 3.34. The fourth-order valence-electron chi connectivity index (χ4n) is 1.99. The fraction of sp³-hybridized carbons (Fsp3) is 0.647. The van der Waals surface area contributed by atoms with Crippen molar-refractivity contribution in [3.63, 3.8) is 0 Å². The highest BCUT2D eigenvalue weighted by Crippen LogP contribution is 2.29. The summed E-state index contributed by atoms with van der Waals surface area (Å²) in [5, 5.41) is 0.557. The molecule has 0 amide bonds. The van der Waals surface area contributed by atoms with Crippen molar-refractivity contribution in [2.24, 2.45) is 5.41 Å². The van der Waals surface area contributed by atoms with Crippen molar-refractivity contribution in [3.05, 3.63) is 27.9 Å². The van der Waals surface area contributed by atoms with E-state index in [4.69, 9.17) is 4.43 Å². The largest absolute Gasteiger partial charge is 0.413 e. The fourth-order valence-corrected chi connectivity index (χ4v) is 4.01. The van der Waals surface area contributed by atoms with Crippen molar-refractivity contribution < 1.29 is 9.22 Å². The lowest BCUT2D eigenvalue weighted by molar-refractivity contribution is 0.0873. The Labute approximate surface area is 146 Å². The first kappa shape index (κ1) is 20.1. The number of ketones is 1. The van der Waals surface area contributed by atoms with Crippen molar-refractivity contribution in [3.8, 4) is 0 Å². The molecule has 0 saturated heterocycles. The normalized spacial score (nSPS) is 13.8. The predicted molar refractivity (Wildman–Crippen MR) is 99.5 cm³/mol. The van der Waals surface area contributed by atoms with E-state index in [0.29, 0.717) is 5.01 Å². The summed E-state index contributed by atoms with van der Waals surface area (Å²) in [6.07, 6.45) is 4.28. The highest BCUT2D eigenvalue weighted by atomic mass is 32.1. The van der Waals surface area contributed by atoms with E-state index in [1.54, 1.807) is 12.3 Å². The molecule has 0 aliphatic heterocycles. The molecule has 0 fully saturated rings. The van der Waals surface area contributed by atoms with Crippen LogP contribution in [0.5, 0.6) is 0 Å². The number of aryl methyl sites for hydroxylation is 1. The van der Waals surface area contributed by atoms with Gasteiger partial charge >= 0.3 is 0 Å². The summed E-state index contributed by atoms with van der Waals surface area (Å²) in [4.78, 5) is 19.6. The molecule has 1 radical (unpaired) electrons. The number of rotatable bonds is 7. The minimum atomic E-state index is -0.774. The number of allylic oxidation sites excluding steroid dienone is 1. The quantitative estimate of drug-likeness (QED) is 0.423. The number of carbonyl (C=O) groups is 1. The van der Waals surface area contributed by atoms with Gasteiger partial charge in [-0.2, -0.15) is 0 Å². The molecule has 1 atom stereocenters. The van der Waals surface area contributed by atoms with Gasteiger partial charge in [0, 0.05) is 37.7 Å². The predicted octanol–water partition coefficient (Wildman–Crippen LogP) is 3.93. The Morgan fingerprint density at radius 2 is 2.00 bits per heavy atom. The molecular weight excluding hydrogens is 324 g/mol. The number of carbonyl (C=O) groups excluding carboxylic acids is 1. The van der Waals surface area contributed by atoms with E-state index in [9.17, 15) is 4.79 Å². The van der Waals surface area contributed by atoms with Crippen LogP contribution in [0.25, 0.3) is 0 Å². The summed E-state index contributed by atoms with van der Waals surface area (Å²) in [6.45, 7) is 12.9. The summed E-state index contributed by atoms with van der Waals surface area (Å²) in [5.74, 6) is -0.0398. The zero-order valence-electron chi connectivity index (χ0n) is 15.6. The lowest BCUT2D eigenvalue weighted by Gasteiger charge is -2.32. The van der Waals surface area contributed by atoms with Crippen LogP contribution in [-0.2, 0) is 10.8 Å². The van der Waals surface area contributed by atoms with Gasteiger partial charge < -0.3 is 9.33 Å². The summed E-state index contributed by atoms with van der Waals surface area (Å²) in [7, 11) is 3.01. The number of aromatic nitrogens is 1. The Kier molecular flexibility index (Phi) is 7.17. The average molecular weight is 354 g/mol. The van der Waals surface area contributed by atoms with Crippen LogP contribution in [-0.4, -0.2) is 44.9 Å². The summed E-state index contributed by atoms with van der Waals surface area (Å²) < 4.78 is 6.20. The maximum absolute atomic E-state index is 12.2. The van der Waals surface area contributed by atoms with Gasteiger partial charge in [0.2, 0.25) is 14.8 Å². The highest BCUT2D eigenvalue weighted by Gasteiger charge is 2.28. The molecule has 1 rings (SSSR count). The topological polar surface area (TPSA) is 42.4 Å². The Morgan fingerprint density at radius 3 is 2.48 bits per heavy atom. The van der Waals surface area contributed by atoms with E-state index in [2.05, 4.69) is 38.8 Å². The summed E-state index contributed by atoms with van der Waals surface area (Å²) in [5.41, 5.74) is 1.00. The lowest BCUT2D eigenvalue weighted by Crippen LogP contribution is -2.35. The molecule has 0 aliphatic rings. The lowest BCUT2D eigenvalue weighted by atomic mass is 9.87. The molecule has 0 aromatic carbocycles. The van der Waals surface area contributed by atoms with Gasteiger partial charge in [-0.15, -0.1) is 11.3 Å². The van der Waals surface area contributed by atoms with E-state index in [0.717, 1.165) is 17.0 Å². The first-order chi connectivity index (χ1) is 10.5. The number of nitrogens with zero attached hydrogens (tertiary/aromatic N) is 2. The molecule has 6 heteroatoms. The van der Waals surface area contributed by atoms with Crippen LogP contribution in [0.1, 0.15) is 41.1 Å². The number of thiazole rings is 1. The molecule has 4 nitrogen and oxygen atoms in total. The van der Waals surface area contributed by atoms with Crippen molar-refractivity contribution in [1.29, 1.82) is 0 Å². The summed E-state index contributed by atoms with van der Waals surface area (Å²) in [6, 6.07) is 0. The zero-order valence-corrected chi connectivity index (χ0v) is 17.4. The van der Waals surface area contributed by atoms with Crippen molar-refractivity contribution in [1.82, 2.24) is 9.88 Å². The standard InChI is InChI=1S/C17H29N2O2SSi/c1-12-14(11-15(17(2,3)4)21-23(7)8)22-16(18-12)13(20)9-10-19(5)6/h9-10,15H,11H2,1-8H3. The molecule has 0 spiro atoms. The van der Waals surface area contributed by atoms with Gasteiger partial charge in [0.05, 0.1) is 11.8 Å². The average Bonchev–Trinajstić information content (AvgIpc) is 2.75. The molecule has 0 bridgehead atoms. The van der Waals surface area contributed by atoms with E-state index in [1.807, 2.05) is 25.9 Å². The van der Waals surface area contributed by atoms with Gasteiger partial charge in [0.25, 0.3) is 0 Å². The van der Waals surface area contributed by atoms with Gasteiger partial charge in [0.15, 0.2) is 5.01 Å². The Bertz CT molecular complexity index is 559. The minimum absolute atomic E-state index is 0.0398. The third kappa shape index (κ3) is 6.57. The van der Waals surface area contributed by atoms with Crippen LogP contribution < -0.4 is 0 Å². The van der Waals surface area contributed by atoms with Crippen LogP contribution in [0.3, 0.4) is 0 Å². The second kappa shape index (κ2) is 8.21. The monoisotopic (exact) mass is 353 g/mol. The zero-order chi connectivity index (χ0) is 17.8. The Hall–Kier alpha value is -0.983. The Morgan fingerprint density at radius 1 is 1.39 bits per heavy atom. The molecule has 0 aliphatic carbocycles. The maximum Gasteiger partial charge on any atom is 0.215 e. The van der Waals surface area contributed by atoms with E-state index in [1.165, 1.54) is 11.3 Å². The van der Waals surface area contributed by atoms with Gasteiger partial charge in [0.1, 0.15) is 0 Å². The Balaban J connectivity index is 2.94. The van der Waals surface area contributed by atoms with Gasteiger partial charge in [-0.25, -0.2) is 4.98 Å². The smallest absolute Gasteiger partial charge is 0.215 e. The van der Waals surface area contributed by atoms with E-state index in [-0.39, 0.29) is 17.3 Å². The maximum atomic E-state index is 12.2. The molecule has 1 aromatic heterocycles. The second-order valence-electron chi connectivity index (χ2n) is 7.26. The minimum Gasteiger partial charge on any atom is -0.413 e. The summed E-state index contributed by atoms with van der Waals surface area (Å²) >= 11 is 1.49. The molecule has 0 saturated carbocycles. The van der Waals surface area contributed by atoms with Crippen LogP contribution in [0.15, 0.2) is 12.3 Å². The van der Waals surface area contributed by atoms with Crippen LogP contribution >= 0.6 is 11.3 Å². The first-order valence-electron chi connectivity index (χ1n) is 7.82. The van der Waals surface area contributed by atoms with Crippen molar-refractivity contribution in [2.45, 2.75) is 53.3 Å². The molecule has 23 heavy (non-hydrogen) atoms. The molecule has 0 N–H and O–H groups in total. The van der Waals surface area contributed by atoms with Crippen LogP contribution in [0.4, 0.5) is 0 Å². The highest BCUT2D eigenvalue weighted by molar-refractivity contribution is 7.13. The van der Waals surface area contributed by atoms with E-state index < -0.39 is 9.04 Å². The first-order valence-corrected chi connectivity index (χ1v) is 11.0. The number of hydrogen-bond acceptors (Lipinski definition) is 5. The van der Waals surface area contributed by atoms with Crippen LogP contribution in [0, 0.1) is 12.3 Å².